The lowest BCUT2D eigenvalue weighted by Gasteiger charge is -1.89. The van der Waals surface area contributed by atoms with E-state index in [0.29, 0.717) is 0 Å². The van der Waals surface area contributed by atoms with Gasteiger partial charge in [0.2, 0.25) is 0 Å². The van der Waals surface area contributed by atoms with Crippen molar-refractivity contribution < 1.29 is 0 Å². The largest absolute Gasteiger partial charge is 0.264 e. The van der Waals surface area contributed by atoms with Crippen molar-refractivity contribution >= 4 is 10.8 Å². The van der Waals surface area contributed by atoms with Crippen molar-refractivity contribution in [2.24, 2.45) is 0 Å². The molecule has 0 atom stereocenters. The van der Waals surface area contributed by atoms with Crippen molar-refractivity contribution in [1.82, 2.24) is 9.97 Å². The molecule has 2 nitrogen and oxygen atoms in total. The number of pyridine rings is 2. The maximum Gasteiger partial charge on any atom is 0.0995 e. The zero-order valence-corrected chi connectivity index (χ0v) is 5.20. The Hall–Kier alpha value is -1.44. The molecule has 10 heavy (non-hydrogen) atoms. The maximum atomic E-state index is 3.93. The zero-order chi connectivity index (χ0) is 6.81. The average molecular weight is 128 g/mol. The van der Waals surface area contributed by atoms with Crippen molar-refractivity contribution in [1.29, 1.82) is 0 Å². The summed E-state index contributed by atoms with van der Waals surface area (Å²) >= 11 is 0. The predicted molar refractivity (Wildman–Crippen MR) is 37.2 cm³/mol. The van der Waals surface area contributed by atoms with Crippen molar-refractivity contribution in [3.8, 4) is 0 Å². The first-order valence-corrected chi connectivity index (χ1v) is 2.95. The topological polar surface area (TPSA) is 25.8 Å². The Labute approximate surface area is 58.6 Å². The Morgan fingerprint density at radius 3 is 3.30 bits per heavy atom. The van der Waals surface area contributed by atoms with Crippen LogP contribution >= 0.6 is 0 Å². The second kappa shape index (κ2) is 2.06. The van der Waals surface area contributed by atoms with Crippen molar-refractivity contribution in [3.63, 3.8) is 0 Å². The van der Waals surface area contributed by atoms with Gasteiger partial charge in [0.05, 0.1) is 12.4 Å². The van der Waals surface area contributed by atoms with Gasteiger partial charge in [0.15, 0.2) is 0 Å². The van der Waals surface area contributed by atoms with E-state index in [1.165, 1.54) is 0 Å². The Bertz CT molecular complexity index is 278. The molecule has 2 radical (unpaired) electrons. The molecule has 0 N–H and O–H groups in total. The van der Waals surface area contributed by atoms with Gasteiger partial charge in [0.1, 0.15) is 0 Å². The molecule has 2 aromatic rings. The molecule has 0 fully saturated rings. The highest BCUT2D eigenvalue weighted by molar-refractivity contribution is 5.79. The monoisotopic (exact) mass is 128 g/mol. The van der Waals surface area contributed by atoms with E-state index < -0.39 is 0 Å². The summed E-state index contributed by atoms with van der Waals surface area (Å²) in [6.07, 6.45) is 8.96. The summed E-state index contributed by atoms with van der Waals surface area (Å²) in [5.74, 6) is 0. The lowest BCUT2D eigenvalue weighted by Crippen LogP contribution is -1.76. The van der Waals surface area contributed by atoms with Gasteiger partial charge in [-0.05, 0) is 17.5 Å². The van der Waals surface area contributed by atoms with Crippen LogP contribution in [0.25, 0.3) is 10.8 Å². The van der Waals surface area contributed by atoms with Gasteiger partial charge >= 0.3 is 0 Å². The first kappa shape index (κ1) is 5.35. The Morgan fingerprint density at radius 1 is 1.40 bits per heavy atom. The van der Waals surface area contributed by atoms with E-state index in [2.05, 4.69) is 22.4 Å². The van der Waals surface area contributed by atoms with Crippen LogP contribution in [0, 0.1) is 12.4 Å². The summed E-state index contributed by atoms with van der Waals surface area (Å²) in [5.41, 5.74) is 0. The number of hydrogen-bond donors (Lipinski definition) is 0. The van der Waals surface area contributed by atoms with Crippen LogP contribution in [0.1, 0.15) is 0 Å². The molecule has 2 heteroatoms. The molecule has 0 unspecified atom stereocenters. The van der Waals surface area contributed by atoms with E-state index in [-0.39, 0.29) is 0 Å². The summed E-state index contributed by atoms with van der Waals surface area (Å²) in [5, 5.41) is 2.01. The van der Waals surface area contributed by atoms with Crippen LogP contribution < -0.4 is 0 Å². The van der Waals surface area contributed by atoms with Crippen LogP contribution in [0.15, 0.2) is 24.5 Å². The fourth-order valence-electron chi connectivity index (χ4n) is 0.819. The standard InChI is InChI=1S/C8H4N2/c1-3-9-5-8-6-10-4-2-7(1)8/h1-3,5H. The number of aromatic nitrogens is 2. The second-order valence-corrected chi connectivity index (χ2v) is 1.96. The minimum absolute atomic E-state index is 0.932. The van der Waals surface area contributed by atoms with Gasteiger partial charge in [-0.2, -0.15) is 0 Å². The van der Waals surface area contributed by atoms with Crippen LogP contribution in [0.3, 0.4) is 0 Å². The van der Waals surface area contributed by atoms with Crippen molar-refractivity contribution in [3.05, 3.63) is 36.9 Å². The predicted octanol–water partition coefficient (Wildman–Crippen LogP) is 1.23. The summed E-state index contributed by atoms with van der Waals surface area (Å²) < 4.78 is 0. The molecular weight excluding hydrogens is 124 g/mol. The quantitative estimate of drug-likeness (QED) is 0.533. The molecule has 2 rings (SSSR count). The molecule has 0 amide bonds. The van der Waals surface area contributed by atoms with E-state index >= 15 is 0 Å². The van der Waals surface area contributed by atoms with Gasteiger partial charge in [-0.1, -0.05) is 0 Å². The van der Waals surface area contributed by atoms with E-state index in [1.54, 1.807) is 12.4 Å². The molecule has 0 saturated carbocycles. The third-order valence-corrected chi connectivity index (χ3v) is 1.32. The minimum atomic E-state index is 0.932. The molecule has 2 heterocycles. The Kier molecular flexibility index (Phi) is 1.10. The first-order chi connectivity index (χ1) is 4.97. The van der Waals surface area contributed by atoms with Crippen LogP contribution in [-0.4, -0.2) is 9.97 Å². The fraction of sp³-hybridized carbons (Fsp3) is 0. The summed E-state index contributed by atoms with van der Waals surface area (Å²) in [6.45, 7) is 0. The van der Waals surface area contributed by atoms with Crippen LogP contribution in [0.5, 0.6) is 0 Å². The lowest BCUT2D eigenvalue weighted by molar-refractivity contribution is 1.30. The summed E-state index contributed by atoms with van der Waals surface area (Å²) in [7, 11) is 0. The van der Waals surface area contributed by atoms with E-state index in [9.17, 15) is 0 Å². The van der Waals surface area contributed by atoms with Gasteiger partial charge < -0.3 is 0 Å². The smallest absolute Gasteiger partial charge is 0.0995 e. The number of rotatable bonds is 0. The van der Waals surface area contributed by atoms with Crippen molar-refractivity contribution in [2.45, 2.75) is 0 Å². The first-order valence-electron chi connectivity index (χ1n) is 2.95. The molecule has 0 saturated heterocycles. The van der Waals surface area contributed by atoms with Crippen LogP contribution in [0.4, 0.5) is 0 Å². The summed E-state index contributed by atoms with van der Waals surface area (Å²) in [4.78, 5) is 7.65. The molecule has 0 spiro atoms. The Morgan fingerprint density at radius 2 is 2.40 bits per heavy atom. The second-order valence-electron chi connectivity index (χ2n) is 1.96. The highest BCUT2D eigenvalue weighted by Gasteiger charge is 1.88. The van der Waals surface area contributed by atoms with Crippen LogP contribution in [0.2, 0.25) is 0 Å². The van der Waals surface area contributed by atoms with E-state index in [0.717, 1.165) is 10.8 Å². The SMILES string of the molecule is [c]1cc2ccncc2[c]n1. The fourth-order valence-corrected chi connectivity index (χ4v) is 0.819. The van der Waals surface area contributed by atoms with Gasteiger partial charge in [-0.25, -0.2) is 4.98 Å². The molecule has 46 valence electrons. The van der Waals surface area contributed by atoms with Gasteiger partial charge in [0.25, 0.3) is 0 Å². The molecule has 0 aliphatic rings. The van der Waals surface area contributed by atoms with Gasteiger partial charge in [0, 0.05) is 17.8 Å². The van der Waals surface area contributed by atoms with Gasteiger partial charge in [-0.3, -0.25) is 4.98 Å². The number of nitrogens with zero attached hydrogens (tertiary/aromatic N) is 2. The molecule has 0 bridgehead atoms. The Balaban J connectivity index is 2.89. The van der Waals surface area contributed by atoms with Crippen molar-refractivity contribution in [2.75, 3.05) is 0 Å². The average Bonchev–Trinajstić information content (AvgIpc) is 2.05. The van der Waals surface area contributed by atoms with E-state index in [1.807, 2.05) is 12.1 Å². The zero-order valence-electron chi connectivity index (χ0n) is 5.20. The maximum absolute atomic E-state index is 3.93. The normalized spacial score (nSPS) is 10.0. The van der Waals surface area contributed by atoms with Gasteiger partial charge in [-0.15, -0.1) is 0 Å². The number of hydrogen-bond acceptors (Lipinski definition) is 2. The molecule has 2 aromatic heterocycles. The molecule has 0 aliphatic heterocycles. The third-order valence-electron chi connectivity index (χ3n) is 1.32. The molecular formula is C8H4N2. The van der Waals surface area contributed by atoms with E-state index in [4.69, 9.17) is 0 Å². The number of fused-ring (bicyclic) bond motifs is 1. The minimum Gasteiger partial charge on any atom is -0.264 e. The third kappa shape index (κ3) is 0.739. The highest BCUT2D eigenvalue weighted by atomic mass is 14.6. The molecule has 0 aromatic carbocycles. The highest BCUT2D eigenvalue weighted by Crippen LogP contribution is 2.06. The lowest BCUT2D eigenvalue weighted by atomic mass is 10.2. The van der Waals surface area contributed by atoms with Crippen LogP contribution in [-0.2, 0) is 0 Å². The molecule has 0 aliphatic carbocycles. The summed E-state index contributed by atoms with van der Waals surface area (Å²) in [6, 6.07) is 3.72.